The number of hydrazine groups is 1. The Kier molecular flexibility index (Phi) is 6.05. The quantitative estimate of drug-likeness (QED) is 0.640. The predicted molar refractivity (Wildman–Crippen MR) is 105 cm³/mol. The Bertz CT molecular complexity index is 957. The van der Waals surface area contributed by atoms with Crippen molar-refractivity contribution in [2.24, 2.45) is 0 Å². The van der Waals surface area contributed by atoms with E-state index in [1.807, 2.05) is 37.3 Å². The van der Waals surface area contributed by atoms with E-state index in [1.54, 1.807) is 23.6 Å². The number of hydrogen-bond acceptors (Lipinski definition) is 5. The van der Waals surface area contributed by atoms with Crippen LogP contribution in [-0.4, -0.2) is 23.4 Å². The van der Waals surface area contributed by atoms with Crippen molar-refractivity contribution in [3.8, 4) is 16.3 Å². The number of nitrogens with one attached hydrogen (secondary N) is 2. The van der Waals surface area contributed by atoms with E-state index in [4.69, 9.17) is 16.3 Å². The molecule has 0 saturated carbocycles. The van der Waals surface area contributed by atoms with Crippen molar-refractivity contribution in [2.45, 2.75) is 6.92 Å². The third kappa shape index (κ3) is 5.29. The third-order valence-electron chi connectivity index (χ3n) is 3.50. The molecule has 0 spiro atoms. The monoisotopic (exact) mass is 401 g/mol. The smallest absolute Gasteiger partial charge is 0.289 e. The highest BCUT2D eigenvalue weighted by molar-refractivity contribution is 7.13. The molecule has 0 atom stereocenters. The summed E-state index contributed by atoms with van der Waals surface area (Å²) in [5.41, 5.74) is 6.73. The van der Waals surface area contributed by atoms with E-state index in [-0.39, 0.29) is 12.3 Å². The van der Waals surface area contributed by atoms with E-state index in [1.165, 1.54) is 11.3 Å². The molecule has 8 heteroatoms. The summed E-state index contributed by atoms with van der Waals surface area (Å²) in [7, 11) is 0. The molecule has 27 heavy (non-hydrogen) atoms. The predicted octanol–water partition coefficient (Wildman–Crippen LogP) is 3.61. The van der Waals surface area contributed by atoms with Crippen LogP contribution in [0.15, 0.2) is 53.9 Å². The van der Waals surface area contributed by atoms with Crippen LogP contribution in [0.25, 0.3) is 10.6 Å². The Morgan fingerprint density at radius 1 is 1.15 bits per heavy atom. The number of halogens is 1. The number of aromatic nitrogens is 1. The molecule has 6 nitrogen and oxygen atoms in total. The fraction of sp³-hybridized carbons (Fsp3) is 0.105. The highest BCUT2D eigenvalue weighted by Gasteiger charge is 2.13. The van der Waals surface area contributed by atoms with E-state index in [0.717, 1.165) is 11.1 Å². The van der Waals surface area contributed by atoms with Gasteiger partial charge in [-0.15, -0.1) is 11.3 Å². The minimum Gasteiger partial charge on any atom is -0.484 e. The SMILES string of the molecule is Cc1cccc(OCC(=O)NNC(=O)c2csc(-c3ccc(Cl)cc3)n2)c1. The lowest BCUT2D eigenvalue weighted by Gasteiger charge is -2.08. The van der Waals surface area contributed by atoms with Gasteiger partial charge in [0, 0.05) is 16.0 Å². The number of aryl methyl sites for hydroxylation is 1. The zero-order valence-electron chi connectivity index (χ0n) is 14.4. The highest BCUT2D eigenvalue weighted by Crippen LogP contribution is 2.25. The number of benzene rings is 2. The van der Waals surface area contributed by atoms with Gasteiger partial charge in [-0.1, -0.05) is 35.9 Å². The van der Waals surface area contributed by atoms with E-state index in [0.29, 0.717) is 15.8 Å². The van der Waals surface area contributed by atoms with Crippen LogP contribution >= 0.6 is 22.9 Å². The van der Waals surface area contributed by atoms with E-state index in [2.05, 4.69) is 15.8 Å². The normalized spacial score (nSPS) is 10.3. The Labute approximate surface area is 165 Å². The molecule has 138 valence electrons. The van der Waals surface area contributed by atoms with Gasteiger partial charge in [-0.2, -0.15) is 0 Å². The van der Waals surface area contributed by atoms with Gasteiger partial charge in [-0.05, 0) is 36.8 Å². The third-order valence-corrected chi connectivity index (χ3v) is 4.65. The topological polar surface area (TPSA) is 80.3 Å². The fourth-order valence-corrected chi connectivity index (χ4v) is 3.12. The van der Waals surface area contributed by atoms with Crippen molar-refractivity contribution in [1.82, 2.24) is 15.8 Å². The molecule has 0 unspecified atom stereocenters. The number of nitrogens with zero attached hydrogens (tertiary/aromatic N) is 1. The Morgan fingerprint density at radius 3 is 2.67 bits per heavy atom. The van der Waals surface area contributed by atoms with Crippen molar-refractivity contribution < 1.29 is 14.3 Å². The number of hydrogen-bond donors (Lipinski definition) is 2. The molecular formula is C19H16ClN3O3S. The largest absolute Gasteiger partial charge is 0.484 e. The van der Waals surface area contributed by atoms with Crippen LogP contribution in [-0.2, 0) is 4.79 Å². The van der Waals surface area contributed by atoms with Crippen LogP contribution in [0.3, 0.4) is 0 Å². The fourth-order valence-electron chi connectivity index (χ4n) is 2.18. The highest BCUT2D eigenvalue weighted by atomic mass is 35.5. The van der Waals surface area contributed by atoms with E-state index >= 15 is 0 Å². The number of carbonyl (C=O) groups is 2. The Balaban J connectivity index is 1.50. The second-order valence-corrected chi connectivity index (χ2v) is 6.95. The molecule has 0 saturated heterocycles. The summed E-state index contributed by atoms with van der Waals surface area (Å²) in [4.78, 5) is 28.2. The van der Waals surface area contributed by atoms with Gasteiger partial charge < -0.3 is 4.74 Å². The second-order valence-electron chi connectivity index (χ2n) is 5.65. The molecule has 0 aliphatic carbocycles. The molecule has 0 aliphatic rings. The van der Waals surface area contributed by atoms with Gasteiger partial charge in [-0.3, -0.25) is 20.4 Å². The summed E-state index contributed by atoms with van der Waals surface area (Å²) >= 11 is 7.19. The molecule has 0 bridgehead atoms. The molecule has 3 rings (SSSR count). The molecule has 2 N–H and O–H groups in total. The standard InChI is InChI=1S/C19H16ClN3O3S/c1-12-3-2-4-15(9-12)26-10-17(24)22-23-18(25)16-11-27-19(21-16)13-5-7-14(20)8-6-13/h2-9,11H,10H2,1H3,(H,22,24)(H,23,25). The van der Waals surface area contributed by atoms with Gasteiger partial charge in [0.05, 0.1) is 0 Å². The van der Waals surface area contributed by atoms with Gasteiger partial charge in [0.15, 0.2) is 6.61 Å². The molecule has 1 heterocycles. The zero-order valence-corrected chi connectivity index (χ0v) is 15.9. The van der Waals surface area contributed by atoms with Crippen molar-refractivity contribution in [1.29, 1.82) is 0 Å². The van der Waals surface area contributed by atoms with Crippen molar-refractivity contribution >= 4 is 34.8 Å². The molecule has 0 fully saturated rings. The van der Waals surface area contributed by atoms with Gasteiger partial charge in [-0.25, -0.2) is 4.98 Å². The lowest BCUT2D eigenvalue weighted by atomic mass is 10.2. The molecular weight excluding hydrogens is 386 g/mol. The van der Waals surface area contributed by atoms with E-state index in [9.17, 15) is 9.59 Å². The van der Waals surface area contributed by atoms with Crippen molar-refractivity contribution in [3.05, 3.63) is 70.2 Å². The average Bonchev–Trinajstić information content (AvgIpc) is 3.15. The van der Waals surface area contributed by atoms with Crippen LogP contribution in [0.5, 0.6) is 5.75 Å². The molecule has 0 radical (unpaired) electrons. The molecule has 2 amide bonds. The number of ether oxygens (including phenoxy) is 1. The zero-order chi connectivity index (χ0) is 19.2. The second kappa shape index (κ2) is 8.66. The average molecular weight is 402 g/mol. The van der Waals surface area contributed by atoms with E-state index < -0.39 is 11.8 Å². The number of carbonyl (C=O) groups excluding carboxylic acids is 2. The summed E-state index contributed by atoms with van der Waals surface area (Å²) in [6.45, 7) is 1.72. The van der Waals surface area contributed by atoms with Gasteiger partial charge >= 0.3 is 0 Å². The summed E-state index contributed by atoms with van der Waals surface area (Å²) in [6.07, 6.45) is 0. The van der Waals surface area contributed by atoms with Gasteiger partial charge in [0.2, 0.25) is 0 Å². The van der Waals surface area contributed by atoms with Crippen LogP contribution < -0.4 is 15.6 Å². The first-order chi connectivity index (χ1) is 13.0. The molecule has 3 aromatic rings. The maximum atomic E-state index is 12.1. The van der Waals surface area contributed by atoms with Crippen molar-refractivity contribution in [3.63, 3.8) is 0 Å². The first-order valence-corrected chi connectivity index (χ1v) is 9.27. The minimum atomic E-state index is -0.504. The van der Waals surface area contributed by atoms with Gasteiger partial charge in [0.25, 0.3) is 11.8 Å². The first kappa shape index (κ1) is 18.9. The first-order valence-electron chi connectivity index (χ1n) is 8.01. The summed E-state index contributed by atoms with van der Waals surface area (Å²) in [5, 5.41) is 2.93. The summed E-state index contributed by atoms with van der Waals surface area (Å²) in [6, 6.07) is 14.5. The summed E-state index contributed by atoms with van der Waals surface area (Å²) < 4.78 is 5.37. The number of rotatable bonds is 5. The lowest BCUT2D eigenvalue weighted by molar-refractivity contribution is -0.123. The minimum absolute atomic E-state index is 0.211. The Morgan fingerprint density at radius 2 is 1.93 bits per heavy atom. The van der Waals surface area contributed by atoms with Gasteiger partial charge in [0.1, 0.15) is 16.5 Å². The van der Waals surface area contributed by atoms with Crippen LogP contribution in [0, 0.1) is 6.92 Å². The molecule has 0 aliphatic heterocycles. The van der Waals surface area contributed by atoms with Crippen LogP contribution in [0.4, 0.5) is 0 Å². The Hall–Kier alpha value is -2.90. The number of amides is 2. The maximum absolute atomic E-state index is 12.1. The molecule has 1 aromatic heterocycles. The summed E-state index contributed by atoms with van der Waals surface area (Å²) in [5.74, 6) is -0.392. The number of thiazole rings is 1. The van der Waals surface area contributed by atoms with Crippen LogP contribution in [0.1, 0.15) is 16.1 Å². The maximum Gasteiger partial charge on any atom is 0.289 e. The van der Waals surface area contributed by atoms with Crippen LogP contribution in [0.2, 0.25) is 5.02 Å². The molecule has 2 aromatic carbocycles. The lowest BCUT2D eigenvalue weighted by Crippen LogP contribution is -2.43. The van der Waals surface area contributed by atoms with Crippen molar-refractivity contribution in [2.75, 3.05) is 6.61 Å².